The first-order valence-corrected chi connectivity index (χ1v) is 10.00. The van der Waals surface area contributed by atoms with Gasteiger partial charge in [-0.05, 0) is 66.2 Å². The van der Waals surface area contributed by atoms with Gasteiger partial charge in [0, 0.05) is 23.7 Å². The van der Waals surface area contributed by atoms with Crippen molar-refractivity contribution < 1.29 is 9.53 Å². The third-order valence-corrected chi connectivity index (χ3v) is 4.69. The normalized spacial score (nSPS) is 10.8. The van der Waals surface area contributed by atoms with Gasteiger partial charge in [-0.3, -0.25) is 4.79 Å². The minimum atomic E-state index is -0.0832. The van der Waals surface area contributed by atoms with Crippen LogP contribution in [0.25, 0.3) is 0 Å². The van der Waals surface area contributed by atoms with Crippen molar-refractivity contribution in [2.75, 3.05) is 6.54 Å². The van der Waals surface area contributed by atoms with Crippen LogP contribution >= 0.6 is 11.6 Å². The SMILES string of the molecule is C=CCN(Cc1ccc(Cl)cc1)C(=O)c1ccc(OCc2nnnn2C(C)C)cc1. The molecule has 3 rings (SSSR count). The molecule has 2 aromatic carbocycles. The van der Waals surface area contributed by atoms with Crippen molar-refractivity contribution in [3.63, 3.8) is 0 Å². The van der Waals surface area contributed by atoms with E-state index in [0.717, 1.165) is 5.56 Å². The highest BCUT2D eigenvalue weighted by molar-refractivity contribution is 6.30. The summed E-state index contributed by atoms with van der Waals surface area (Å²) in [6.45, 7) is 8.92. The topological polar surface area (TPSA) is 73.1 Å². The Morgan fingerprint density at radius 3 is 2.53 bits per heavy atom. The van der Waals surface area contributed by atoms with Gasteiger partial charge in [0.25, 0.3) is 5.91 Å². The molecule has 1 heterocycles. The van der Waals surface area contributed by atoms with Crippen molar-refractivity contribution in [1.82, 2.24) is 25.1 Å². The lowest BCUT2D eigenvalue weighted by atomic mass is 10.1. The summed E-state index contributed by atoms with van der Waals surface area (Å²) in [7, 11) is 0. The standard InChI is InChI=1S/C22H24ClN5O2/c1-4-13-27(14-17-5-9-19(23)10-6-17)22(29)18-7-11-20(12-8-18)30-15-21-24-25-26-28(21)16(2)3/h4-12,16H,1,13-15H2,2-3H3. The molecular weight excluding hydrogens is 402 g/mol. The van der Waals surface area contributed by atoms with Crippen molar-refractivity contribution in [3.8, 4) is 5.75 Å². The fourth-order valence-electron chi connectivity index (χ4n) is 2.92. The van der Waals surface area contributed by atoms with Gasteiger partial charge in [0.2, 0.25) is 0 Å². The van der Waals surface area contributed by atoms with Crippen LogP contribution in [0.15, 0.2) is 61.2 Å². The van der Waals surface area contributed by atoms with Gasteiger partial charge in [-0.15, -0.1) is 11.7 Å². The van der Waals surface area contributed by atoms with E-state index in [4.69, 9.17) is 16.3 Å². The lowest BCUT2D eigenvalue weighted by Crippen LogP contribution is -2.30. The first kappa shape index (κ1) is 21.5. The van der Waals surface area contributed by atoms with Crippen molar-refractivity contribution >= 4 is 17.5 Å². The number of aromatic nitrogens is 4. The highest BCUT2D eigenvalue weighted by Crippen LogP contribution is 2.18. The second kappa shape index (κ2) is 10.0. The monoisotopic (exact) mass is 425 g/mol. The molecule has 1 aromatic heterocycles. The largest absolute Gasteiger partial charge is 0.486 e. The quantitative estimate of drug-likeness (QED) is 0.477. The third-order valence-electron chi connectivity index (χ3n) is 4.44. The molecule has 8 heteroatoms. The second-order valence-electron chi connectivity index (χ2n) is 7.05. The summed E-state index contributed by atoms with van der Waals surface area (Å²) in [4.78, 5) is 14.7. The number of hydrogen-bond acceptors (Lipinski definition) is 5. The number of amides is 1. The van der Waals surface area contributed by atoms with E-state index in [-0.39, 0.29) is 18.6 Å². The van der Waals surface area contributed by atoms with Crippen molar-refractivity contribution in [3.05, 3.63) is 83.2 Å². The molecular formula is C22H24ClN5O2. The van der Waals surface area contributed by atoms with Crippen LogP contribution in [0.5, 0.6) is 5.75 Å². The van der Waals surface area contributed by atoms with Gasteiger partial charge in [0.1, 0.15) is 12.4 Å². The summed E-state index contributed by atoms with van der Waals surface area (Å²) in [5, 5.41) is 12.3. The Labute approximate surface area is 180 Å². The second-order valence-corrected chi connectivity index (χ2v) is 7.48. The van der Waals surface area contributed by atoms with Crippen LogP contribution in [-0.4, -0.2) is 37.6 Å². The molecule has 0 radical (unpaired) electrons. The predicted octanol–water partition coefficient (Wildman–Crippen LogP) is 4.31. The Balaban J connectivity index is 1.65. The number of hydrogen-bond donors (Lipinski definition) is 0. The molecule has 0 saturated carbocycles. The van der Waals surface area contributed by atoms with Gasteiger partial charge in [-0.2, -0.15) is 0 Å². The van der Waals surface area contributed by atoms with Gasteiger partial charge >= 0.3 is 0 Å². The molecule has 0 saturated heterocycles. The summed E-state index contributed by atoms with van der Waals surface area (Å²) >= 11 is 5.94. The average Bonchev–Trinajstić information content (AvgIpc) is 3.22. The fraction of sp³-hybridized carbons (Fsp3) is 0.273. The highest BCUT2D eigenvalue weighted by atomic mass is 35.5. The number of carbonyl (C=O) groups is 1. The van der Waals surface area contributed by atoms with E-state index in [9.17, 15) is 4.79 Å². The van der Waals surface area contributed by atoms with Gasteiger partial charge in [0.15, 0.2) is 5.82 Å². The zero-order valence-electron chi connectivity index (χ0n) is 17.0. The molecule has 156 valence electrons. The first-order valence-electron chi connectivity index (χ1n) is 9.62. The van der Waals surface area contributed by atoms with E-state index >= 15 is 0 Å². The minimum Gasteiger partial charge on any atom is -0.486 e. The fourth-order valence-corrected chi connectivity index (χ4v) is 3.04. The van der Waals surface area contributed by atoms with Gasteiger partial charge < -0.3 is 9.64 Å². The maximum atomic E-state index is 13.0. The minimum absolute atomic E-state index is 0.0832. The number of tetrazole rings is 1. The molecule has 0 unspecified atom stereocenters. The highest BCUT2D eigenvalue weighted by Gasteiger charge is 2.16. The molecule has 0 aliphatic heterocycles. The Morgan fingerprint density at radius 2 is 1.90 bits per heavy atom. The number of rotatable bonds is 9. The van der Waals surface area contributed by atoms with E-state index in [1.807, 2.05) is 38.1 Å². The summed E-state index contributed by atoms with van der Waals surface area (Å²) in [6.07, 6.45) is 1.71. The Morgan fingerprint density at radius 1 is 1.20 bits per heavy atom. The van der Waals surface area contributed by atoms with Crippen molar-refractivity contribution in [2.45, 2.75) is 33.0 Å². The summed E-state index contributed by atoms with van der Waals surface area (Å²) in [5.74, 6) is 1.20. The van der Waals surface area contributed by atoms with Crippen molar-refractivity contribution in [1.29, 1.82) is 0 Å². The van der Waals surface area contributed by atoms with Crippen LogP contribution in [0.2, 0.25) is 5.02 Å². The van der Waals surface area contributed by atoms with Gasteiger partial charge in [-0.25, -0.2) is 4.68 Å². The van der Waals surface area contributed by atoms with Crippen LogP contribution < -0.4 is 4.74 Å². The van der Waals surface area contributed by atoms with Gasteiger partial charge in [0.05, 0.1) is 6.04 Å². The van der Waals surface area contributed by atoms with E-state index < -0.39 is 0 Å². The van der Waals surface area contributed by atoms with Crippen molar-refractivity contribution in [2.24, 2.45) is 0 Å². The smallest absolute Gasteiger partial charge is 0.254 e. The number of ether oxygens (including phenoxy) is 1. The van der Waals surface area contributed by atoms with E-state index in [0.29, 0.717) is 35.2 Å². The number of nitrogens with zero attached hydrogens (tertiary/aromatic N) is 5. The molecule has 3 aromatic rings. The van der Waals surface area contributed by atoms with Gasteiger partial charge in [-0.1, -0.05) is 29.8 Å². The van der Waals surface area contributed by atoms with Crippen LogP contribution in [0.3, 0.4) is 0 Å². The summed E-state index contributed by atoms with van der Waals surface area (Å²) < 4.78 is 7.48. The maximum Gasteiger partial charge on any atom is 0.254 e. The molecule has 30 heavy (non-hydrogen) atoms. The van der Waals surface area contributed by atoms with Crippen LogP contribution in [-0.2, 0) is 13.2 Å². The molecule has 0 spiro atoms. The Hall–Kier alpha value is -3.19. The average molecular weight is 426 g/mol. The molecule has 0 atom stereocenters. The van der Waals surface area contributed by atoms with Crippen LogP contribution in [0.4, 0.5) is 0 Å². The molecule has 0 N–H and O–H groups in total. The molecule has 0 fully saturated rings. The zero-order chi connectivity index (χ0) is 21.5. The van der Waals surface area contributed by atoms with E-state index in [2.05, 4.69) is 22.1 Å². The molecule has 7 nitrogen and oxygen atoms in total. The third kappa shape index (κ3) is 5.45. The molecule has 0 bridgehead atoms. The zero-order valence-corrected chi connectivity index (χ0v) is 17.8. The molecule has 1 amide bonds. The number of carbonyl (C=O) groups excluding carboxylic acids is 1. The first-order chi connectivity index (χ1) is 14.5. The predicted molar refractivity (Wildman–Crippen MR) is 115 cm³/mol. The summed E-state index contributed by atoms with van der Waals surface area (Å²) in [6, 6.07) is 14.6. The van der Waals surface area contributed by atoms with E-state index in [1.54, 1.807) is 39.9 Å². The van der Waals surface area contributed by atoms with Crippen LogP contribution in [0, 0.1) is 0 Å². The Kier molecular flexibility index (Phi) is 7.19. The van der Waals surface area contributed by atoms with E-state index in [1.165, 1.54) is 0 Å². The summed E-state index contributed by atoms with van der Waals surface area (Å²) in [5.41, 5.74) is 1.57. The molecule has 0 aliphatic rings. The lowest BCUT2D eigenvalue weighted by Gasteiger charge is -2.21. The van der Waals surface area contributed by atoms with Crippen LogP contribution in [0.1, 0.15) is 41.6 Å². The lowest BCUT2D eigenvalue weighted by molar-refractivity contribution is 0.0762. The number of benzene rings is 2. The Bertz CT molecular complexity index is 984. The maximum absolute atomic E-state index is 13.0. The molecule has 0 aliphatic carbocycles. The number of halogens is 1.